The number of aryl methyl sites for hydroxylation is 2. The maximum Gasteiger partial charge on any atom is 0.191 e. The standard InChI is InChI=1S/C21H32FN5O/c1-6-15(28-20-12-10-9-11-17(20)22)13-24-21(23-4)25-14-16-18(7-2)26-27(5)19(16)8-3/h9-12,15H,6-8,13-14H2,1-5H3,(H2,23,24,25). The number of guanidine groups is 1. The van der Waals surface area contributed by atoms with Gasteiger partial charge in [0.05, 0.1) is 12.2 Å². The van der Waals surface area contributed by atoms with E-state index < -0.39 is 0 Å². The van der Waals surface area contributed by atoms with Crippen LogP contribution in [0, 0.1) is 5.82 Å². The van der Waals surface area contributed by atoms with E-state index in [1.807, 2.05) is 18.7 Å². The smallest absolute Gasteiger partial charge is 0.191 e. The number of aliphatic imine (C=N–C) groups is 1. The van der Waals surface area contributed by atoms with Crippen molar-refractivity contribution in [2.45, 2.75) is 52.7 Å². The van der Waals surface area contributed by atoms with Gasteiger partial charge >= 0.3 is 0 Å². The van der Waals surface area contributed by atoms with Crippen LogP contribution < -0.4 is 15.4 Å². The average Bonchev–Trinajstić information content (AvgIpc) is 3.02. The van der Waals surface area contributed by atoms with Crippen molar-refractivity contribution in [2.24, 2.45) is 12.0 Å². The van der Waals surface area contributed by atoms with Gasteiger partial charge in [-0.25, -0.2) is 4.39 Å². The van der Waals surface area contributed by atoms with E-state index >= 15 is 0 Å². The van der Waals surface area contributed by atoms with E-state index in [4.69, 9.17) is 4.74 Å². The Morgan fingerprint density at radius 2 is 1.96 bits per heavy atom. The molecule has 6 nitrogen and oxygen atoms in total. The molecule has 1 aromatic carbocycles. The van der Waals surface area contributed by atoms with Crippen molar-refractivity contribution >= 4 is 5.96 Å². The Labute approximate surface area is 167 Å². The maximum absolute atomic E-state index is 13.8. The zero-order chi connectivity index (χ0) is 20.5. The molecule has 1 aromatic heterocycles. The Balaban J connectivity index is 1.95. The minimum absolute atomic E-state index is 0.161. The zero-order valence-electron chi connectivity index (χ0n) is 17.6. The van der Waals surface area contributed by atoms with Gasteiger partial charge in [0.15, 0.2) is 17.5 Å². The fourth-order valence-electron chi connectivity index (χ4n) is 3.19. The van der Waals surface area contributed by atoms with Crippen LogP contribution in [0.25, 0.3) is 0 Å². The number of hydrogen-bond acceptors (Lipinski definition) is 3. The second-order valence-electron chi connectivity index (χ2n) is 6.59. The van der Waals surface area contributed by atoms with Crippen LogP contribution in [0.3, 0.4) is 0 Å². The number of nitrogens with zero attached hydrogens (tertiary/aromatic N) is 3. The normalized spacial score (nSPS) is 12.7. The van der Waals surface area contributed by atoms with Gasteiger partial charge in [0, 0.05) is 31.9 Å². The lowest BCUT2D eigenvalue weighted by atomic mass is 10.1. The van der Waals surface area contributed by atoms with Crippen molar-refractivity contribution in [2.75, 3.05) is 13.6 Å². The average molecular weight is 390 g/mol. The van der Waals surface area contributed by atoms with E-state index in [0.717, 1.165) is 25.0 Å². The molecule has 0 radical (unpaired) electrons. The van der Waals surface area contributed by atoms with Gasteiger partial charge in [0.1, 0.15) is 6.10 Å². The highest BCUT2D eigenvalue weighted by molar-refractivity contribution is 5.79. The molecule has 1 unspecified atom stereocenters. The number of nitrogens with one attached hydrogen (secondary N) is 2. The summed E-state index contributed by atoms with van der Waals surface area (Å²) in [5.41, 5.74) is 3.57. The molecule has 0 amide bonds. The van der Waals surface area contributed by atoms with E-state index in [0.29, 0.717) is 19.0 Å². The SMILES string of the molecule is CCc1nn(C)c(CC)c1CNC(=NC)NCC(CC)Oc1ccccc1F. The third-order valence-electron chi connectivity index (χ3n) is 4.77. The van der Waals surface area contributed by atoms with Crippen molar-refractivity contribution in [3.63, 3.8) is 0 Å². The Morgan fingerprint density at radius 1 is 1.21 bits per heavy atom. The van der Waals surface area contributed by atoms with Crippen LogP contribution in [0.1, 0.15) is 44.1 Å². The van der Waals surface area contributed by atoms with E-state index in [9.17, 15) is 4.39 Å². The fourth-order valence-corrected chi connectivity index (χ4v) is 3.19. The molecule has 154 valence electrons. The first-order valence-electron chi connectivity index (χ1n) is 9.93. The van der Waals surface area contributed by atoms with Crippen molar-refractivity contribution in [1.29, 1.82) is 0 Å². The summed E-state index contributed by atoms with van der Waals surface area (Å²) in [6.45, 7) is 7.45. The highest BCUT2D eigenvalue weighted by Gasteiger charge is 2.15. The first-order chi connectivity index (χ1) is 13.5. The lowest BCUT2D eigenvalue weighted by Crippen LogP contribution is -2.42. The van der Waals surface area contributed by atoms with Crippen molar-refractivity contribution in [3.8, 4) is 5.75 Å². The minimum atomic E-state index is -0.348. The summed E-state index contributed by atoms with van der Waals surface area (Å²) in [5.74, 6) is 0.609. The second-order valence-corrected chi connectivity index (χ2v) is 6.59. The molecule has 0 aliphatic rings. The van der Waals surface area contributed by atoms with Gasteiger partial charge in [-0.15, -0.1) is 0 Å². The minimum Gasteiger partial charge on any atom is -0.486 e. The van der Waals surface area contributed by atoms with E-state index in [2.05, 4.69) is 34.6 Å². The molecule has 1 heterocycles. The van der Waals surface area contributed by atoms with Crippen LogP contribution in [0.4, 0.5) is 4.39 Å². The zero-order valence-corrected chi connectivity index (χ0v) is 17.6. The van der Waals surface area contributed by atoms with Crippen LogP contribution >= 0.6 is 0 Å². The van der Waals surface area contributed by atoms with Gasteiger partial charge in [-0.2, -0.15) is 5.10 Å². The molecule has 2 N–H and O–H groups in total. The molecular weight excluding hydrogens is 357 g/mol. The molecule has 0 bridgehead atoms. The molecule has 0 aliphatic heterocycles. The molecule has 2 aromatic rings. The first kappa shape index (κ1) is 21.7. The monoisotopic (exact) mass is 389 g/mol. The third-order valence-corrected chi connectivity index (χ3v) is 4.77. The highest BCUT2D eigenvalue weighted by Crippen LogP contribution is 2.18. The maximum atomic E-state index is 13.8. The molecule has 0 spiro atoms. The number of aromatic nitrogens is 2. The predicted octanol–water partition coefficient (Wildman–Crippen LogP) is 3.21. The highest BCUT2D eigenvalue weighted by atomic mass is 19.1. The van der Waals surface area contributed by atoms with Crippen LogP contribution in [-0.2, 0) is 26.4 Å². The summed E-state index contributed by atoms with van der Waals surface area (Å²) in [6.07, 6.45) is 2.42. The van der Waals surface area contributed by atoms with Crippen LogP contribution in [0.2, 0.25) is 0 Å². The number of benzene rings is 1. The summed E-state index contributed by atoms with van der Waals surface area (Å²) in [5, 5.41) is 11.2. The fraction of sp³-hybridized carbons (Fsp3) is 0.524. The molecular formula is C21H32FN5O. The quantitative estimate of drug-likeness (QED) is 0.511. The van der Waals surface area contributed by atoms with Gasteiger partial charge in [-0.1, -0.05) is 32.9 Å². The summed E-state index contributed by atoms with van der Waals surface area (Å²) < 4.78 is 21.6. The second kappa shape index (κ2) is 10.7. The molecule has 28 heavy (non-hydrogen) atoms. The Morgan fingerprint density at radius 3 is 2.57 bits per heavy atom. The van der Waals surface area contributed by atoms with Gasteiger partial charge in [0.2, 0.25) is 0 Å². The van der Waals surface area contributed by atoms with Gasteiger partial charge < -0.3 is 15.4 Å². The number of hydrogen-bond donors (Lipinski definition) is 2. The molecule has 2 rings (SSSR count). The molecule has 0 fully saturated rings. The van der Waals surface area contributed by atoms with Gasteiger partial charge in [-0.05, 0) is 31.4 Å². The third kappa shape index (κ3) is 5.47. The number of ether oxygens (including phenoxy) is 1. The van der Waals surface area contributed by atoms with E-state index in [-0.39, 0.29) is 17.7 Å². The lowest BCUT2D eigenvalue weighted by molar-refractivity contribution is 0.191. The lowest BCUT2D eigenvalue weighted by Gasteiger charge is -2.20. The van der Waals surface area contributed by atoms with Gasteiger partial charge in [-0.3, -0.25) is 9.67 Å². The summed E-state index contributed by atoms with van der Waals surface area (Å²) in [7, 11) is 3.72. The topological polar surface area (TPSA) is 63.5 Å². The summed E-state index contributed by atoms with van der Waals surface area (Å²) >= 11 is 0. The van der Waals surface area contributed by atoms with Crippen LogP contribution in [-0.4, -0.2) is 35.4 Å². The first-order valence-corrected chi connectivity index (χ1v) is 9.93. The van der Waals surface area contributed by atoms with Crippen molar-refractivity contribution < 1.29 is 9.13 Å². The molecule has 0 aliphatic carbocycles. The van der Waals surface area contributed by atoms with Crippen molar-refractivity contribution in [1.82, 2.24) is 20.4 Å². The number of halogens is 1. The summed E-state index contributed by atoms with van der Waals surface area (Å²) in [4.78, 5) is 4.29. The Hall–Kier alpha value is -2.57. The van der Waals surface area contributed by atoms with Crippen LogP contribution in [0.15, 0.2) is 29.3 Å². The Bertz CT molecular complexity index is 787. The predicted molar refractivity (Wildman–Crippen MR) is 111 cm³/mol. The molecule has 1 atom stereocenters. The van der Waals surface area contributed by atoms with E-state index in [1.54, 1.807) is 25.2 Å². The summed E-state index contributed by atoms with van der Waals surface area (Å²) in [6, 6.07) is 6.47. The van der Waals surface area contributed by atoms with Crippen molar-refractivity contribution in [3.05, 3.63) is 47.0 Å². The molecule has 0 saturated heterocycles. The van der Waals surface area contributed by atoms with Gasteiger partial charge in [0.25, 0.3) is 0 Å². The number of para-hydroxylation sites is 1. The molecule has 0 saturated carbocycles. The largest absolute Gasteiger partial charge is 0.486 e. The molecule has 7 heteroatoms. The Kier molecular flexibility index (Phi) is 8.29. The number of rotatable bonds is 9. The van der Waals surface area contributed by atoms with E-state index in [1.165, 1.54) is 17.3 Å². The van der Waals surface area contributed by atoms with Crippen LogP contribution in [0.5, 0.6) is 5.75 Å².